The van der Waals surface area contributed by atoms with Gasteiger partial charge in [-0.2, -0.15) is 0 Å². The maximum atomic E-state index is 10.3. The lowest BCUT2D eigenvalue weighted by Gasteiger charge is -2.01. The zero-order valence-electron chi connectivity index (χ0n) is 3.89. The highest BCUT2D eigenvalue weighted by Crippen LogP contribution is 1.94. The average Bonchev–Trinajstić information content (AvgIpc) is 1.69. The maximum Gasteiger partial charge on any atom is 0.162 e. The highest BCUT2D eigenvalue weighted by Gasteiger charge is 1.99. The Labute approximate surface area is 41.8 Å². The van der Waals surface area contributed by atoms with E-state index in [4.69, 9.17) is 4.74 Å². The van der Waals surface area contributed by atoms with Gasteiger partial charge < -0.3 is 4.74 Å². The van der Waals surface area contributed by atoms with Gasteiger partial charge in [-0.1, -0.05) is 0 Å². The van der Waals surface area contributed by atoms with Crippen molar-refractivity contribution in [3.8, 4) is 0 Å². The highest BCUT2D eigenvalue weighted by molar-refractivity contribution is 5.89. The second-order valence-corrected chi connectivity index (χ2v) is 1.39. The minimum atomic E-state index is 0.159. The lowest BCUT2D eigenvalue weighted by Crippen LogP contribution is -2.03. The van der Waals surface area contributed by atoms with E-state index in [9.17, 15) is 4.79 Å². The van der Waals surface area contributed by atoms with Crippen LogP contribution in [-0.2, 0) is 9.53 Å². The summed E-state index contributed by atoms with van der Waals surface area (Å²) in [5, 5.41) is 0. The number of hydrogen-bond acceptors (Lipinski definition) is 2. The number of carbonyl (C=O) groups excluding carboxylic acids is 1. The van der Waals surface area contributed by atoms with Gasteiger partial charge in [0.05, 0.1) is 12.9 Å². The van der Waals surface area contributed by atoms with E-state index in [1.807, 2.05) is 0 Å². The van der Waals surface area contributed by atoms with Crippen LogP contribution >= 0.6 is 0 Å². The van der Waals surface area contributed by atoms with Crippen molar-refractivity contribution in [3.05, 3.63) is 12.3 Å². The molecule has 1 heterocycles. The molecular formula is C5H6O2. The fourth-order valence-corrected chi connectivity index (χ4v) is 0.435. The van der Waals surface area contributed by atoms with Crippen LogP contribution in [0.2, 0.25) is 0 Å². The van der Waals surface area contributed by atoms with Gasteiger partial charge in [0.1, 0.15) is 0 Å². The highest BCUT2D eigenvalue weighted by atomic mass is 16.5. The third-order valence-corrected chi connectivity index (χ3v) is 0.816. The summed E-state index contributed by atoms with van der Waals surface area (Å²) < 4.78 is 4.74. The van der Waals surface area contributed by atoms with Gasteiger partial charge in [-0.15, -0.1) is 0 Å². The van der Waals surface area contributed by atoms with E-state index in [1.54, 1.807) is 0 Å². The first-order valence-corrected chi connectivity index (χ1v) is 2.20. The topological polar surface area (TPSA) is 26.3 Å². The van der Waals surface area contributed by atoms with Crippen LogP contribution in [0.4, 0.5) is 0 Å². The van der Waals surface area contributed by atoms with Crippen molar-refractivity contribution in [2.75, 3.05) is 6.61 Å². The normalized spacial score (nSPS) is 19.1. The van der Waals surface area contributed by atoms with E-state index in [1.165, 1.54) is 12.3 Å². The molecule has 1 rings (SSSR count). The molecule has 2 nitrogen and oxygen atoms in total. The van der Waals surface area contributed by atoms with Crippen LogP contribution in [0.15, 0.2) is 12.3 Å². The number of ketones is 1. The Bertz CT molecular complexity index is 105. The van der Waals surface area contributed by atoms with Gasteiger partial charge in [0.15, 0.2) is 5.78 Å². The molecule has 0 saturated carbocycles. The number of hydrogen-bond donors (Lipinski definition) is 0. The fraction of sp³-hybridized carbons (Fsp3) is 0.400. The number of carbonyl (C=O) groups is 1. The van der Waals surface area contributed by atoms with Crippen LogP contribution in [0.5, 0.6) is 0 Å². The molecule has 7 heavy (non-hydrogen) atoms. The lowest BCUT2D eigenvalue weighted by atomic mass is 10.3. The van der Waals surface area contributed by atoms with Gasteiger partial charge in [0.2, 0.25) is 0 Å². The minimum Gasteiger partial charge on any atom is -0.501 e. The summed E-state index contributed by atoms with van der Waals surface area (Å²) in [5.74, 6) is 0.159. The maximum absolute atomic E-state index is 10.3. The number of rotatable bonds is 0. The van der Waals surface area contributed by atoms with Gasteiger partial charge >= 0.3 is 0 Å². The Morgan fingerprint density at radius 3 is 2.86 bits per heavy atom. The zero-order chi connectivity index (χ0) is 5.11. The molecule has 1 aliphatic rings. The van der Waals surface area contributed by atoms with Gasteiger partial charge in [0, 0.05) is 12.5 Å². The zero-order valence-corrected chi connectivity index (χ0v) is 3.89. The monoisotopic (exact) mass is 98.0 g/mol. The molecule has 0 aromatic heterocycles. The van der Waals surface area contributed by atoms with Crippen molar-refractivity contribution >= 4 is 5.78 Å². The molecule has 0 bridgehead atoms. The lowest BCUT2D eigenvalue weighted by molar-refractivity contribution is -0.116. The molecule has 0 atom stereocenters. The Morgan fingerprint density at radius 2 is 2.57 bits per heavy atom. The standard InChI is InChI=1S/C5H6O2/c6-5-1-3-7-4-2-5/h1,3H,2,4H2. The van der Waals surface area contributed by atoms with E-state index in [0.717, 1.165) is 0 Å². The van der Waals surface area contributed by atoms with Crippen LogP contribution in [0.3, 0.4) is 0 Å². The minimum absolute atomic E-state index is 0.159. The van der Waals surface area contributed by atoms with Gasteiger partial charge in [0.25, 0.3) is 0 Å². The van der Waals surface area contributed by atoms with Crippen LogP contribution < -0.4 is 0 Å². The Balaban J connectivity index is 2.51. The Morgan fingerprint density at radius 1 is 1.71 bits per heavy atom. The molecule has 0 spiro atoms. The van der Waals surface area contributed by atoms with Crippen molar-refractivity contribution in [1.82, 2.24) is 0 Å². The number of allylic oxidation sites excluding steroid dienone is 1. The van der Waals surface area contributed by atoms with E-state index >= 15 is 0 Å². The SMILES string of the molecule is O=C1C=COCC1. The largest absolute Gasteiger partial charge is 0.501 e. The second kappa shape index (κ2) is 1.78. The first-order valence-electron chi connectivity index (χ1n) is 2.20. The van der Waals surface area contributed by atoms with E-state index in [-0.39, 0.29) is 5.78 Å². The molecule has 0 aliphatic carbocycles. The Kier molecular flexibility index (Phi) is 1.11. The summed E-state index contributed by atoms with van der Waals surface area (Å²) in [6.45, 7) is 0.551. The van der Waals surface area contributed by atoms with Gasteiger partial charge in [-0.25, -0.2) is 0 Å². The van der Waals surface area contributed by atoms with E-state index < -0.39 is 0 Å². The van der Waals surface area contributed by atoms with Crippen molar-refractivity contribution in [1.29, 1.82) is 0 Å². The van der Waals surface area contributed by atoms with E-state index in [0.29, 0.717) is 13.0 Å². The summed E-state index contributed by atoms with van der Waals surface area (Å²) in [7, 11) is 0. The molecule has 0 N–H and O–H groups in total. The van der Waals surface area contributed by atoms with E-state index in [2.05, 4.69) is 0 Å². The van der Waals surface area contributed by atoms with Crippen molar-refractivity contribution in [3.63, 3.8) is 0 Å². The molecule has 0 aromatic carbocycles. The van der Waals surface area contributed by atoms with Crippen molar-refractivity contribution < 1.29 is 9.53 Å². The van der Waals surface area contributed by atoms with Crippen molar-refractivity contribution in [2.24, 2.45) is 0 Å². The average molecular weight is 98.1 g/mol. The molecule has 0 unspecified atom stereocenters. The van der Waals surface area contributed by atoms with Gasteiger partial charge in [-0.05, 0) is 0 Å². The first-order chi connectivity index (χ1) is 3.39. The summed E-state index contributed by atoms with van der Waals surface area (Å²) in [5.41, 5.74) is 0. The molecule has 0 saturated heterocycles. The van der Waals surface area contributed by atoms with Crippen LogP contribution in [0.25, 0.3) is 0 Å². The molecule has 0 radical (unpaired) electrons. The van der Waals surface area contributed by atoms with Gasteiger partial charge in [-0.3, -0.25) is 4.79 Å². The molecule has 1 aliphatic heterocycles. The predicted octanol–water partition coefficient (Wildman–Crippen LogP) is 0.489. The summed E-state index contributed by atoms with van der Waals surface area (Å²) >= 11 is 0. The fourth-order valence-electron chi connectivity index (χ4n) is 0.435. The van der Waals surface area contributed by atoms with Crippen LogP contribution in [0, 0.1) is 0 Å². The molecule has 0 fully saturated rings. The van der Waals surface area contributed by atoms with Crippen LogP contribution in [0.1, 0.15) is 6.42 Å². The Hall–Kier alpha value is -0.790. The molecule has 2 heteroatoms. The predicted molar refractivity (Wildman–Crippen MR) is 24.7 cm³/mol. The molecule has 38 valence electrons. The summed E-state index contributed by atoms with van der Waals surface area (Å²) in [4.78, 5) is 10.3. The molecule has 0 amide bonds. The molecule has 0 aromatic rings. The first kappa shape index (κ1) is 4.37. The number of ether oxygens (including phenoxy) is 1. The third-order valence-electron chi connectivity index (χ3n) is 0.816. The smallest absolute Gasteiger partial charge is 0.162 e. The second-order valence-electron chi connectivity index (χ2n) is 1.39. The quantitative estimate of drug-likeness (QED) is 0.440. The summed E-state index contributed by atoms with van der Waals surface area (Å²) in [6, 6.07) is 0. The molecular weight excluding hydrogens is 92.1 g/mol. The summed E-state index contributed by atoms with van der Waals surface area (Å²) in [6.07, 6.45) is 3.42. The van der Waals surface area contributed by atoms with Crippen LogP contribution in [-0.4, -0.2) is 12.4 Å². The third kappa shape index (κ3) is 1.03. The van der Waals surface area contributed by atoms with Crippen molar-refractivity contribution in [2.45, 2.75) is 6.42 Å².